The highest BCUT2D eigenvalue weighted by Gasteiger charge is 2.27. The van der Waals surface area contributed by atoms with Crippen LogP contribution in [0.2, 0.25) is 0 Å². The summed E-state index contributed by atoms with van der Waals surface area (Å²) in [6, 6.07) is 6.15. The van der Waals surface area contributed by atoms with Gasteiger partial charge >= 0.3 is 0 Å². The third-order valence-electron chi connectivity index (χ3n) is 4.56. The Labute approximate surface area is 163 Å². The van der Waals surface area contributed by atoms with Crippen molar-refractivity contribution in [2.75, 3.05) is 44.9 Å². The first-order valence-corrected chi connectivity index (χ1v) is 11.0. The number of hydrogen-bond donors (Lipinski definition) is 2. The topological polar surface area (TPSA) is 89.9 Å². The third kappa shape index (κ3) is 6.35. The minimum Gasteiger partial charge on any atom is -0.363 e. The Kier molecular flexibility index (Phi) is 7.85. The number of nitrogens with one attached hydrogen (secondary N) is 2. The van der Waals surface area contributed by atoms with Crippen LogP contribution in [0.5, 0.6) is 0 Å². The summed E-state index contributed by atoms with van der Waals surface area (Å²) in [5.74, 6) is 1.85. The number of rotatable bonds is 7. The number of nitrogens with zero attached hydrogens (tertiary/aromatic N) is 4. The Morgan fingerprint density at radius 2 is 2.04 bits per heavy atom. The highest BCUT2D eigenvalue weighted by atomic mass is 32.2. The Bertz CT molecular complexity index is 727. The zero-order valence-corrected chi connectivity index (χ0v) is 17.6. The molecule has 1 saturated heterocycles. The maximum Gasteiger partial charge on any atom is 0.214 e. The van der Waals surface area contributed by atoms with Gasteiger partial charge in [-0.3, -0.25) is 4.99 Å². The third-order valence-corrected chi connectivity index (χ3v) is 6.64. The van der Waals surface area contributed by atoms with E-state index in [1.54, 1.807) is 11.4 Å². The van der Waals surface area contributed by atoms with Crippen molar-refractivity contribution < 1.29 is 8.42 Å². The molecule has 0 bridgehead atoms. The molecule has 1 aromatic heterocycles. The van der Waals surface area contributed by atoms with E-state index in [0.29, 0.717) is 32.0 Å². The van der Waals surface area contributed by atoms with E-state index < -0.39 is 10.0 Å². The molecule has 0 amide bonds. The summed E-state index contributed by atoms with van der Waals surface area (Å²) >= 11 is 0. The van der Waals surface area contributed by atoms with Crippen molar-refractivity contribution in [2.24, 2.45) is 4.99 Å². The summed E-state index contributed by atoms with van der Waals surface area (Å²) in [4.78, 5) is 10.8. The molecule has 2 rings (SSSR count). The van der Waals surface area contributed by atoms with Crippen molar-refractivity contribution >= 4 is 21.8 Å². The van der Waals surface area contributed by atoms with Gasteiger partial charge in [0.25, 0.3) is 0 Å². The Hall–Kier alpha value is -1.87. The lowest BCUT2D eigenvalue weighted by Crippen LogP contribution is -2.49. The van der Waals surface area contributed by atoms with Crippen molar-refractivity contribution in [3.8, 4) is 0 Å². The number of aliphatic imine (C=N–C) groups is 1. The predicted octanol–water partition coefficient (Wildman–Crippen LogP) is 1.02. The average Bonchev–Trinajstić information content (AvgIpc) is 2.65. The minimum atomic E-state index is -3.10. The molecule has 9 heteroatoms. The molecule has 0 radical (unpaired) electrons. The van der Waals surface area contributed by atoms with Crippen LogP contribution in [0, 0.1) is 0 Å². The van der Waals surface area contributed by atoms with Crippen molar-refractivity contribution in [1.82, 2.24) is 19.9 Å². The summed E-state index contributed by atoms with van der Waals surface area (Å²) in [6.07, 6.45) is 2.20. The monoisotopic (exact) mass is 396 g/mol. The molecule has 0 aromatic carbocycles. The molecule has 2 N–H and O–H groups in total. The second kappa shape index (κ2) is 9.89. The number of sulfonamides is 1. The molecule has 1 aliphatic rings. The van der Waals surface area contributed by atoms with Gasteiger partial charge in [-0.2, -0.15) is 0 Å². The Balaban J connectivity index is 1.84. The quantitative estimate of drug-likeness (QED) is 0.528. The molecule has 1 aromatic rings. The normalized spacial score (nSPS) is 17.0. The number of hydrogen-bond acceptors (Lipinski definition) is 5. The van der Waals surface area contributed by atoms with Crippen LogP contribution >= 0.6 is 0 Å². The Morgan fingerprint density at radius 3 is 2.63 bits per heavy atom. The SMILES string of the molecule is CCCS(=O)(=O)N1CCC(NC(=NC)NCc2cccc(N(C)C)n2)CC1. The molecule has 2 heterocycles. The summed E-state index contributed by atoms with van der Waals surface area (Å²) in [7, 11) is 2.57. The number of piperidine rings is 1. The van der Waals surface area contributed by atoms with E-state index in [0.717, 1.165) is 24.4 Å². The molecule has 0 unspecified atom stereocenters. The van der Waals surface area contributed by atoms with Crippen LogP contribution in [0.1, 0.15) is 31.9 Å². The van der Waals surface area contributed by atoms with Crippen molar-refractivity contribution in [1.29, 1.82) is 0 Å². The van der Waals surface area contributed by atoms with Gasteiger partial charge in [0.1, 0.15) is 5.82 Å². The van der Waals surface area contributed by atoms with Gasteiger partial charge in [-0.15, -0.1) is 0 Å². The van der Waals surface area contributed by atoms with E-state index in [2.05, 4.69) is 20.6 Å². The first-order chi connectivity index (χ1) is 12.9. The van der Waals surface area contributed by atoms with E-state index in [1.165, 1.54) is 0 Å². The lowest BCUT2D eigenvalue weighted by Gasteiger charge is -2.32. The number of aromatic nitrogens is 1. The largest absolute Gasteiger partial charge is 0.363 e. The summed E-state index contributed by atoms with van der Waals surface area (Å²) in [5.41, 5.74) is 0.935. The molecule has 1 aliphatic heterocycles. The number of anilines is 1. The van der Waals surface area contributed by atoms with E-state index >= 15 is 0 Å². The van der Waals surface area contributed by atoms with Gasteiger partial charge in [0.05, 0.1) is 18.0 Å². The maximum absolute atomic E-state index is 12.2. The molecule has 0 saturated carbocycles. The average molecular weight is 397 g/mol. The zero-order chi connectivity index (χ0) is 19.9. The second-order valence-corrected chi connectivity index (χ2v) is 9.03. The molecule has 0 spiro atoms. The van der Waals surface area contributed by atoms with Crippen LogP contribution in [0.15, 0.2) is 23.2 Å². The van der Waals surface area contributed by atoms with E-state index in [-0.39, 0.29) is 11.8 Å². The first-order valence-electron chi connectivity index (χ1n) is 9.44. The van der Waals surface area contributed by atoms with Crippen LogP contribution < -0.4 is 15.5 Å². The number of guanidine groups is 1. The predicted molar refractivity (Wildman–Crippen MR) is 111 cm³/mol. The van der Waals surface area contributed by atoms with Gasteiger partial charge in [-0.1, -0.05) is 13.0 Å². The van der Waals surface area contributed by atoms with Crippen LogP contribution in [0.4, 0.5) is 5.82 Å². The van der Waals surface area contributed by atoms with Gasteiger partial charge in [0.15, 0.2) is 5.96 Å². The minimum absolute atomic E-state index is 0.213. The van der Waals surface area contributed by atoms with Gasteiger partial charge in [-0.05, 0) is 31.4 Å². The van der Waals surface area contributed by atoms with E-state index in [9.17, 15) is 8.42 Å². The standard InChI is InChI=1S/C18H32N6O2S/c1-5-13-27(25,26)24-11-9-15(10-12-24)22-18(19-2)20-14-16-7-6-8-17(21-16)23(3)4/h6-8,15H,5,9-14H2,1-4H3,(H2,19,20,22). The smallest absolute Gasteiger partial charge is 0.214 e. The fourth-order valence-electron chi connectivity index (χ4n) is 3.04. The van der Waals surface area contributed by atoms with E-state index in [4.69, 9.17) is 0 Å². The highest BCUT2D eigenvalue weighted by Crippen LogP contribution is 2.15. The van der Waals surface area contributed by atoms with Gasteiger partial charge in [0, 0.05) is 40.3 Å². The van der Waals surface area contributed by atoms with Crippen LogP contribution in [-0.4, -0.2) is 69.7 Å². The fraction of sp³-hybridized carbons (Fsp3) is 0.667. The van der Waals surface area contributed by atoms with Crippen LogP contribution in [0.3, 0.4) is 0 Å². The van der Waals surface area contributed by atoms with Crippen LogP contribution in [-0.2, 0) is 16.6 Å². The second-order valence-electron chi connectivity index (χ2n) is 6.94. The molecular formula is C18H32N6O2S. The lowest BCUT2D eigenvalue weighted by molar-refractivity contribution is 0.306. The molecule has 0 atom stereocenters. The lowest BCUT2D eigenvalue weighted by atomic mass is 10.1. The van der Waals surface area contributed by atoms with Crippen LogP contribution in [0.25, 0.3) is 0 Å². The van der Waals surface area contributed by atoms with Crippen molar-refractivity contribution in [3.05, 3.63) is 23.9 Å². The van der Waals surface area contributed by atoms with Crippen molar-refractivity contribution in [2.45, 2.75) is 38.8 Å². The molecule has 152 valence electrons. The van der Waals surface area contributed by atoms with Gasteiger partial charge in [0.2, 0.25) is 10.0 Å². The van der Waals surface area contributed by atoms with E-state index in [1.807, 2.05) is 44.1 Å². The van der Waals surface area contributed by atoms with Gasteiger partial charge < -0.3 is 15.5 Å². The molecule has 0 aliphatic carbocycles. The summed E-state index contributed by atoms with van der Waals surface area (Å²) < 4.78 is 25.9. The zero-order valence-electron chi connectivity index (χ0n) is 16.8. The summed E-state index contributed by atoms with van der Waals surface area (Å²) in [6.45, 7) is 3.59. The Morgan fingerprint density at radius 1 is 1.33 bits per heavy atom. The maximum atomic E-state index is 12.2. The van der Waals surface area contributed by atoms with Gasteiger partial charge in [-0.25, -0.2) is 17.7 Å². The first kappa shape index (κ1) is 21.4. The molecule has 8 nitrogen and oxygen atoms in total. The molecule has 27 heavy (non-hydrogen) atoms. The molecular weight excluding hydrogens is 364 g/mol. The molecule has 1 fully saturated rings. The number of pyridine rings is 1. The fourth-order valence-corrected chi connectivity index (χ4v) is 4.58. The van der Waals surface area contributed by atoms with Crippen molar-refractivity contribution in [3.63, 3.8) is 0 Å². The summed E-state index contributed by atoms with van der Waals surface area (Å²) in [5, 5.41) is 6.68. The highest BCUT2D eigenvalue weighted by molar-refractivity contribution is 7.89.